The van der Waals surface area contributed by atoms with E-state index in [9.17, 15) is 0 Å². The van der Waals surface area contributed by atoms with Crippen molar-refractivity contribution in [2.45, 2.75) is 44.6 Å². The van der Waals surface area contributed by atoms with Gasteiger partial charge in [-0.05, 0) is 31.5 Å². The Morgan fingerprint density at radius 1 is 1.19 bits per heavy atom. The monoisotopic (exact) mass is 368 g/mol. The molecule has 3 heterocycles. The molecule has 1 aromatic heterocycles. The number of para-hydroxylation sites is 1. The highest BCUT2D eigenvalue weighted by Gasteiger charge is 2.47. The molecular weight excluding hydrogens is 340 g/mol. The maximum absolute atomic E-state index is 6.16. The van der Waals surface area contributed by atoms with Crippen LogP contribution in [-0.4, -0.2) is 48.4 Å². The van der Waals surface area contributed by atoms with Gasteiger partial charge in [-0.25, -0.2) is 0 Å². The first kappa shape index (κ1) is 18.4. The Labute approximate surface area is 161 Å². The summed E-state index contributed by atoms with van der Waals surface area (Å²) in [7, 11) is 1.73. The lowest BCUT2D eigenvalue weighted by atomic mass is 9.84. The topological polar surface area (TPSA) is 43.8 Å². The zero-order chi connectivity index (χ0) is 18.7. The third kappa shape index (κ3) is 4.32. The fourth-order valence-corrected chi connectivity index (χ4v) is 4.18. The van der Waals surface area contributed by atoms with Gasteiger partial charge in [-0.2, -0.15) is 0 Å². The lowest BCUT2D eigenvalue weighted by Crippen LogP contribution is -2.65. The van der Waals surface area contributed by atoms with Crippen molar-refractivity contribution < 1.29 is 14.2 Å². The number of aromatic nitrogens is 1. The van der Waals surface area contributed by atoms with Crippen molar-refractivity contribution in [3.05, 3.63) is 59.4 Å². The molecule has 144 valence electrons. The Balaban J connectivity index is 1.29. The zero-order valence-corrected chi connectivity index (χ0v) is 16.2. The molecule has 2 aliphatic heterocycles. The Bertz CT molecular complexity index is 774. The number of rotatable bonds is 6. The second kappa shape index (κ2) is 7.97. The molecule has 5 heteroatoms. The molecule has 2 saturated heterocycles. The van der Waals surface area contributed by atoms with Gasteiger partial charge in [0.1, 0.15) is 5.75 Å². The van der Waals surface area contributed by atoms with E-state index in [1.165, 1.54) is 5.56 Å². The first-order valence-corrected chi connectivity index (χ1v) is 9.68. The molecule has 0 N–H and O–H groups in total. The van der Waals surface area contributed by atoms with Gasteiger partial charge in [0.15, 0.2) is 0 Å². The summed E-state index contributed by atoms with van der Waals surface area (Å²) < 4.78 is 17.8. The van der Waals surface area contributed by atoms with E-state index in [0.717, 1.165) is 56.2 Å². The predicted molar refractivity (Wildman–Crippen MR) is 104 cm³/mol. The second-order valence-corrected chi connectivity index (χ2v) is 7.68. The minimum absolute atomic E-state index is 0.0506. The Morgan fingerprint density at radius 2 is 2.04 bits per heavy atom. The van der Waals surface area contributed by atoms with Gasteiger partial charge in [0.2, 0.25) is 0 Å². The smallest absolute Gasteiger partial charge is 0.123 e. The molecule has 2 aromatic rings. The van der Waals surface area contributed by atoms with E-state index in [1.807, 2.05) is 37.3 Å². The Kier molecular flexibility index (Phi) is 5.43. The van der Waals surface area contributed by atoms with Crippen molar-refractivity contribution in [2.75, 3.05) is 26.8 Å². The molecule has 0 radical (unpaired) electrons. The number of aryl methyl sites for hydroxylation is 1. The molecular formula is C22H28N2O3. The second-order valence-electron chi connectivity index (χ2n) is 7.68. The van der Waals surface area contributed by atoms with Crippen LogP contribution in [-0.2, 0) is 22.6 Å². The number of hydrogen-bond donors (Lipinski definition) is 0. The van der Waals surface area contributed by atoms with Gasteiger partial charge in [0.25, 0.3) is 0 Å². The summed E-state index contributed by atoms with van der Waals surface area (Å²) in [4.78, 5) is 6.95. The number of ether oxygens (including phenoxy) is 3. The zero-order valence-electron chi connectivity index (χ0n) is 16.2. The highest BCUT2D eigenvalue weighted by Crippen LogP contribution is 2.37. The number of pyridine rings is 1. The maximum Gasteiger partial charge on any atom is 0.123 e. The summed E-state index contributed by atoms with van der Waals surface area (Å²) in [5.41, 5.74) is 3.21. The van der Waals surface area contributed by atoms with E-state index in [0.29, 0.717) is 6.61 Å². The van der Waals surface area contributed by atoms with Crippen LogP contribution in [0.2, 0.25) is 0 Å². The van der Waals surface area contributed by atoms with Crippen molar-refractivity contribution in [2.24, 2.45) is 0 Å². The SMILES string of the molecule is COc1ccccc1CN1CC2(C[C@@H](OCc3cccc(C)n3)CCO2)C1. The highest BCUT2D eigenvalue weighted by molar-refractivity contribution is 5.33. The third-order valence-corrected chi connectivity index (χ3v) is 5.47. The average Bonchev–Trinajstić information content (AvgIpc) is 2.66. The molecule has 1 spiro atoms. The van der Waals surface area contributed by atoms with Crippen LogP contribution in [0, 0.1) is 6.92 Å². The summed E-state index contributed by atoms with van der Waals surface area (Å²) in [6.07, 6.45) is 2.16. The van der Waals surface area contributed by atoms with Crippen LogP contribution >= 0.6 is 0 Å². The molecule has 0 unspecified atom stereocenters. The van der Waals surface area contributed by atoms with E-state index in [2.05, 4.69) is 22.0 Å². The summed E-state index contributed by atoms with van der Waals surface area (Å²) in [5.74, 6) is 0.954. The number of methoxy groups -OCH3 is 1. The summed E-state index contributed by atoms with van der Waals surface area (Å²) in [5, 5.41) is 0. The van der Waals surface area contributed by atoms with Gasteiger partial charge >= 0.3 is 0 Å². The predicted octanol–water partition coefficient (Wildman–Crippen LogP) is 3.35. The van der Waals surface area contributed by atoms with Gasteiger partial charge in [0.05, 0.1) is 31.1 Å². The first-order chi connectivity index (χ1) is 13.2. The van der Waals surface area contributed by atoms with Crippen LogP contribution in [0.25, 0.3) is 0 Å². The Morgan fingerprint density at radius 3 is 2.85 bits per heavy atom. The van der Waals surface area contributed by atoms with Crippen molar-refractivity contribution in [1.82, 2.24) is 9.88 Å². The lowest BCUT2D eigenvalue weighted by Gasteiger charge is -2.53. The molecule has 5 nitrogen and oxygen atoms in total. The minimum atomic E-state index is -0.0506. The van der Waals surface area contributed by atoms with E-state index in [4.69, 9.17) is 14.2 Å². The van der Waals surface area contributed by atoms with Crippen molar-refractivity contribution >= 4 is 0 Å². The molecule has 27 heavy (non-hydrogen) atoms. The number of nitrogens with zero attached hydrogens (tertiary/aromatic N) is 2. The first-order valence-electron chi connectivity index (χ1n) is 9.68. The minimum Gasteiger partial charge on any atom is -0.496 e. The molecule has 0 amide bonds. The molecule has 2 aliphatic rings. The maximum atomic E-state index is 6.16. The largest absolute Gasteiger partial charge is 0.496 e. The van der Waals surface area contributed by atoms with E-state index < -0.39 is 0 Å². The fourth-order valence-electron chi connectivity index (χ4n) is 4.18. The number of likely N-dealkylation sites (tertiary alicyclic amines) is 1. The van der Waals surface area contributed by atoms with E-state index >= 15 is 0 Å². The third-order valence-electron chi connectivity index (χ3n) is 5.47. The Hall–Kier alpha value is -1.95. The molecule has 0 saturated carbocycles. The molecule has 1 atom stereocenters. The number of benzene rings is 1. The van der Waals surface area contributed by atoms with Crippen LogP contribution in [0.3, 0.4) is 0 Å². The van der Waals surface area contributed by atoms with Gasteiger partial charge in [0, 0.05) is 43.9 Å². The summed E-state index contributed by atoms with van der Waals surface area (Å²) in [6.45, 7) is 6.16. The van der Waals surface area contributed by atoms with Gasteiger partial charge < -0.3 is 14.2 Å². The quantitative estimate of drug-likeness (QED) is 0.782. The lowest BCUT2D eigenvalue weighted by molar-refractivity contribution is -0.200. The van der Waals surface area contributed by atoms with Crippen molar-refractivity contribution in [1.29, 1.82) is 0 Å². The standard InChI is InChI=1S/C22H28N2O3/c1-17-6-5-8-19(23-17)14-26-20-10-11-27-22(12-20)15-24(16-22)13-18-7-3-4-9-21(18)25-2/h3-9,20H,10-16H2,1-2H3/t20-/m0/s1. The molecule has 1 aromatic carbocycles. The molecule has 2 fully saturated rings. The summed E-state index contributed by atoms with van der Waals surface area (Å²) >= 11 is 0. The summed E-state index contributed by atoms with van der Waals surface area (Å²) in [6, 6.07) is 14.3. The average molecular weight is 368 g/mol. The van der Waals surface area contributed by atoms with Crippen LogP contribution < -0.4 is 4.74 Å². The normalized spacial score (nSPS) is 21.8. The van der Waals surface area contributed by atoms with Crippen LogP contribution in [0.4, 0.5) is 0 Å². The van der Waals surface area contributed by atoms with Crippen LogP contribution in [0.15, 0.2) is 42.5 Å². The van der Waals surface area contributed by atoms with Gasteiger partial charge in [-0.3, -0.25) is 9.88 Å². The van der Waals surface area contributed by atoms with Crippen molar-refractivity contribution in [3.8, 4) is 5.75 Å². The van der Waals surface area contributed by atoms with Gasteiger partial charge in [-0.1, -0.05) is 24.3 Å². The van der Waals surface area contributed by atoms with Crippen molar-refractivity contribution in [3.63, 3.8) is 0 Å². The molecule has 4 rings (SSSR count). The fraction of sp³-hybridized carbons (Fsp3) is 0.500. The van der Waals surface area contributed by atoms with Gasteiger partial charge in [-0.15, -0.1) is 0 Å². The highest BCUT2D eigenvalue weighted by atomic mass is 16.5. The van der Waals surface area contributed by atoms with Crippen LogP contribution in [0.1, 0.15) is 29.8 Å². The molecule has 0 bridgehead atoms. The van der Waals surface area contributed by atoms with E-state index in [-0.39, 0.29) is 11.7 Å². The van der Waals surface area contributed by atoms with Crippen LogP contribution in [0.5, 0.6) is 5.75 Å². The molecule has 0 aliphatic carbocycles. The number of hydrogen-bond acceptors (Lipinski definition) is 5. The van der Waals surface area contributed by atoms with E-state index in [1.54, 1.807) is 7.11 Å².